The van der Waals surface area contributed by atoms with Crippen LogP contribution in [0.25, 0.3) is 0 Å². The van der Waals surface area contributed by atoms with Gasteiger partial charge in [-0.2, -0.15) is 0 Å². The van der Waals surface area contributed by atoms with Gasteiger partial charge < -0.3 is 0 Å². The lowest BCUT2D eigenvalue weighted by atomic mass is 9.86. The Morgan fingerprint density at radius 2 is 1.82 bits per heavy atom. The van der Waals surface area contributed by atoms with Crippen molar-refractivity contribution < 1.29 is 0 Å². The smallest absolute Gasteiger partial charge is 0.00914 e. The maximum absolute atomic E-state index is 3.22. The molecule has 0 amide bonds. The fraction of sp³-hybridized carbons (Fsp3) is 0.818. The van der Waals surface area contributed by atoms with Gasteiger partial charge in [0, 0.05) is 12.8 Å². The molecular weight excluding hydrogens is 132 g/mol. The molecule has 0 spiro atoms. The minimum absolute atomic E-state index is 0.856. The van der Waals surface area contributed by atoms with Gasteiger partial charge in [-0.05, 0) is 31.1 Å². The molecule has 0 aliphatic heterocycles. The minimum Gasteiger partial charge on any atom is -0.103 e. The Labute approximate surface area is 70.4 Å². The lowest BCUT2D eigenvalue weighted by Gasteiger charge is -2.19. The lowest BCUT2D eigenvalue weighted by Crippen LogP contribution is -2.09. The van der Waals surface area contributed by atoms with Crippen molar-refractivity contribution in [2.75, 3.05) is 0 Å². The predicted molar refractivity (Wildman–Crippen MR) is 49.2 cm³/mol. The highest BCUT2D eigenvalue weighted by atomic mass is 14.2. The average Bonchev–Trinajstić information content (AvgIpc) is 1.84. The van der Waals surface area contributed by atoms with Crippen LogP contribution >= 0.6 is 0 Å². The van der Waals surface area contributed by atoms with E-state index in [1.54, 1.807) is 0 Å². The first kappa shape index (κ1) is 8.65. The molecule has 0 radical (unpaired) electrons. The third-order valence-electron chi connectivity index (χ3n) is 2.58. The summed E-state index contributed by atoms with van der Waals surface area (Å²) in [4.78, 5) is 0. The van der Waals surface area contributed by atoms with E-state index in [1.807, 2.05) is 0 Å². The number of rotatable bonds is 1. The molecule has 0 heterocycles. The first-order chi connectivity index (χ1) is 5.30. The standard InChI is InChI=1S/C11H18/c1-10(2)11-8-6-4-3-5-7-9-11/h10-11H,4,6-9H2,1-2H3. The third-order valence-corrected chi connectivity index (χ3v) is 2.58. The topological polar surface area (TPSA) is 0 Å². The van der Waals surface area contributed by atoms with Crippen LogP contribution in [0.2, 0.25) is 0 Å². The molecule has 0 saturated carbocycles. The minimum atomic E-state index is 0.856. The van der Waals surface area contributed by atoms with E-state index in [0.29, 0.717) is 0 Å². The summed E-state index contributed by atoms with van der Waals surface area (Å²) in [6.07, 6.45) is 6.29. The largest absolute Gasteiger partial charge is 0.103 e. The Morgan fingerprint density at radius 1 is 1.09 bits per heavy atom. The van der Waals surface area contributed by atoms with E-state index in [2.05, 4.69) is 25.7 Å². The molecule has 0 heteroatoms. The normalized spacial score (nSPS) is 25.2. The fourth-order valence-corrected chi connectivity index (χ4v) is 1.70. The second-order valence-electron chi connectivity index (χ2n) is 3.79. The van der Waals surface area contributed by atoms with Crippen molar-refractivity contribution in [2.45, 2.75) is 46.0 Å². The van der Waals surface area contributed by atoms with Gasteiger partial charge in [-0.1, -0.05) is 13.8 Å². The van der Waals surface area contributed by atoms with Gasteiger partial charge in [0.2, 0.25) is 0 Å². The number of hydrogen-bond acceptors (Lipinski definition) is 0. The SMILES string of the molecule is CC(C)C1CCC#CCCC1. The summed E-state index contributed by atoms with van der Waals surface area (Å²) in [6, 6.07) is 0. The Morgan fingerprint density at radius 3 is 2.55 bits per heavy atom. The highest BCUT2D eigenvalue weighted by molar-refractivity contribution is 5.00. The second kappa shape index (κ2) is 4.44. The first-order valence-electron chi connectivity index (χ1n) is 4.76. The molecule has 0 aromatic carbocycles. The van der Waals surface area contributed by atoms with E-state index >= 15 is 0 Å². The van der Waals surface area contributed by atoms with Gasteiger partial charge in [-0.3, -0.25) is 0 Å². The Bertz CT molecular complexity index is 157. The van der Waals surface area contributed by atoms with Gasteiger partial charge in [-0.15, -0.1) is 11.8 Å². The van der Waals surface area contributed by atoms with Crippen LogP contribution in [-0.2, 0) is 0 Å². The van der Waals surface area contributed by atoms with E-state index < -0.39 is 0 Å². The molecule has 0 bridgehead atoms. The van der Waals surface area contributed by atoms with Crippen LogP contribution in [0.4, 0.5) is 0 Å². The van der Waals surface area contributed by atoms with Gasteiger partial charge in [0.25, 0.3) is 0 Å². The van der Waals surface area contributed by atoms with Crippen LogP contribution in [0.3, 0.4) is 0 Å². The monoisotopic (exact) mass is 150 g/mol. The van der Waals surface area contributed by atoms with Gasteiger partial charge in [0.1, 0.15) is 0 Å². The summed E-state index contributed by atoms with van der Waals surface area (Å²) in [6.45, 7) is 4.67. The van der Waals surface area contributed by atoms with Crippen LogP contribution in [0.5, 0.6) is 0 Å². The van der Waals surface area contributed by atoms with Gasteiger partial charge >= 0.3 is 0 Å². The molecule has 1 aliphatic rings. The van der Waals surface area contributed by atoms with E-state index in [4.69, 9.17) is 0 Å². The maximum Gasteiger partial charge on any atom is 0.00914 e. The third kappa shape index (κ3) is 2.97. The van der Waals surface area contributed by atoms with Gasteiger partial charge in [0.05, 0.1) is 0 Å². The summed E-state index contributed by atoms with van der Waals surface area (Å²) < 4.78 is 0. The molecule has 1 atom stereocenters. The van der Waals surface area contributed by atoms with Crippen molar-refractivity contribution in [3.05, 3.63) is 0 Å². The molecular formula is C11H18. The predicted octanol–water partition coefficient (Wildman–Crippen LogP) is 3.23. The summed E-state index contributed by atoms with van der Waals surface area (Å²) in [5.74, 6) is 8.21. The van der Waals surface area contributed by atoms with Crippen LogP contribution in [-0.4, -0.2) is 0 Å². The van der Waals surface area contributed by atoms with Gasteiger partial charge in [0.15, 0.2) is 0 Å². The zero-order valence-electron chi connectivity index (χ0n) is 7.69. The average molecular weight is 150 g/mol. The van der Waals surface area contributed by atoms with Crippen LogP contribution < -0.4 is 0 Å². The molecule has 0 saturated heterocycles. The van der Waals surface area contributed by atoms with Crippen molar-refractivity contribution in [1.82, 2.24) is 0 Å². The molecule has 62 valence electrons. The van der Waals surface area contributed by atoms with Crippen LogP contribution in [0, 0.1) is 23.7 Å². The molecule has 0 aromatic rings. The molecule has 0 N–H and O–H groups in total. The van der Waals surface area contributed by atoms with E-state index in [0.717, 1.165) is 24.7 Å². The maximum atomic E-state index is 3.22. The fourth-order valence-electron chi connectivity index (χ4n) is 1.70. The van der Waals surface area contributed by atoms with Crippen LogP contribution in [0.15, 0.2) is 0 Å². The summed E-state index contributed by atoms with van der Waals surface area (Å²) in [5.41, 5.74) is 0. The van der Waals surface area contributed by atoms with Crippen LogP contribution in [0.1, 0.15) is 46.0 Å². The molecule has 11 heavy (non-hydrogen) atoms. The summed E-state index contributed by atoms with van der Waals surface area (Å²) >= 11 is 0. The zero-order valence-corrected chi connectivity index (χ0v) is 7.69. The first-order valence-corrected chi connectivity index (χ1v) is 4.76. The van der Waals surface area contributed by atoms with E-state index in [-0.39, 0.29) is 0 Å². The highest BCUT2D eigenvalue weighted by Gasteiger charge is 2.12. The second-order valence-corrected chi connectivity index (χ2v) is 3.79. The van der Waals surface area contributed by atoms with E-state index in [9.17, 15) is 0 Å². The molecule has 1 rings (SSSR count). The molecule has 1 aliphatic carbocycles. The molecule has 1 unspecified atom stereocenters. The van der Waals surface area contributed by atoms with Crippen molar-refractivity contribution in [3.63, 3.8) is 0 Å². The van der Waals surface area contributed by atoms with Crippen molar-refractivity contribution >= 4 is 0 Å². The van der Waals surface area contributed by atoms with E-state index in [1.165, 1.54) is 19.3 Å². The lowest BCUT2D eigenvalue weighted by molar-refractivity contribution is 0.332. The molecule has 0 aromatic heterocycles. The quantitative estimate of drug-likeness (QED) is 0.503. The number of hydrogen-bond donors (Lipinski definition) is 0. The molecule has 0 nitrogen and oxygen atoms in total. The molecule has 0 fully saturated rings. The van der Waals surface area contributed by atoms with Crippen molar-refractivity contribution in [1.29, 1.82) is 0 Å². The van der Waals surface area contributed by atoms with Crippen molar-refractivity contribution in [3.8, 4) is 11.8 Å². The highest BCUT2D eigenvalue weighted by Crippen LogP contribution is 2.23. The Kier molecular flexibility index (Phi) is 3.49. The summed E-state index contributed by atoms with van der Waals surface area (Å²) in [5, 5.41) is 0. The zero-order chi connectivity index (χ0) is 8.10. The Hall–Kier alpha value is -0.440. The van der Waals surface area contributed by atoms with Crippen molar-refractivity contribution in [2.24, 2.45) is 11.8 Å². The Balaban J connectivity index is 2.39. The summed E-state index contributed by atoms with van der Waals surface area (Å²) in [7, 11) is 0. The van der Waals surface area contributed by atoms with Gasteiger partial charge in [-0.25, -0.2) is 0 Å².